The Balaban J connectivity index is 1.45. The molecule has 9 heteroatoms. The van der Waals surface area contributed by atoms with E-state index in [4.69, 9.17) is 21.1 Å². The molecule has 0 radical (unpaired) electrons. The minimum absolute atomic E-state index is 0.105. The van der Waals surface area contributed by atoms with Crippen molar-refractivity contribution >= 4 is 34.6 Å². The van der Waals surface area contributed by atoms with E-state index in [1.165, 1.54) is 6.07 Å². The van der Waals surface area contributed by atoms with Crippen LogP contribution in [0.3, 0.4) is 0 Å². The molecule has 4 rings (SSSR count). The molecule has 1 fully saturated rings. The number of rotatable bonds is 6. The first-order valence-corrected chi connectivity index (χ1v) is 10.3. The van der Waals surface area contributed by atoms with Crippen LogP contribution in [0.25, 0.3) is 0 Å². The summed E-state index contributed by atoms with van der Waals surface area (Å²) in [6, 6.07) is 18.3. The number of halogens is 1. The lowest BCUT2D eigenvalue weighted by Gasteiger charge is -2.28. The van der Waals surface area contributed by atoms with Gasteiger partial charge in [-0.05, 0) is 60.7 Å². The Hall–Kier alpha value is -3.62. The molecule has 0 atom stereocenters. The van der Waals surface area contributed by atoms with E-state index in [1.807, 2.05) is 4.90 Å². The molecule has 0 aromatic heterocycles. The molecule has 1 heterocycles. The van der Waals surface area contributed by atoms with E-state index in [9.17, 15) is 14.9 Å². The van der Waals surface area contributed by atoms with Gasteiger partial charge in [0, 0.05) is 35.4 Å². The van der Waals surface area contributed by atoms with Crippen LogP contribution in [0.15, 0.2) is 66.7 Å². The molecule has 0 spiro atoms. The Morgan fingerprint density at radius 3 is 2.25 bits per heavy atom. The van der Waals surface area contributed by atoms with E-state index < -0.39 is 10.8 Å². The minimum atomic E-state index is -0.468. The Labute approximate surface area is 189 Å². The number of anilines is 2. The van der Waals surface area contributed by atoms with Gasteiger partial charge in [-0.25, -0.2) is 0 Å². The molecule has 3 aromatic carbocycles. The van der Waals surface area contributed by atoms with Gasteiger partial charge in [0.05, 0.1) is 18.1 Å². The van der Waals surface area contributed by atoms with Gasteiger partial charge in [0.1, 0.15) is 17.2 Å². The molecule has 1 N–H and O–H groups in total. The van der Waals surface area contributed by atoms with E-state index in [-0.39, 0.29) is 11.3 Å². The second kappa shape index (κ2) is 9.67. The SMILES string of the molecule is O=C(Nc1ccc(Oc2ccc(Cl)cc2)cc1)c1ccc(N2CCOCC2)c([N+](=O)[O-])c1. The van der Waals surface area contributed by atoms with Crippen LogP contribution in [0.2, 0.25) is 5.02 Å². The monoisotopic (exact) mass is 453 g/mol. The molecular formula is C23H20ClN3O5. The van der Waals surface area contributed by atoms with Gasteiger partial charge < -0.3 is 19.7 Å². The first kappa shape index (κ1) is 21.6. The zero-order valence-corrected chi connectivity index (χ0v) is 17.7. The summed E-state index contributed by atoms with van der Waals surface area (Å²) in [6.45, 7) is 2.15. The molecule has 0 bridgehead atoms. The number of nitrogens with zero attached hydrogens (tertiary/aromatic N) is 2. The molecule has 1 saturated heterocycles. The third kappa shape index (κ3) is 5.16. The first-order chi connectivity index (χ1) is 15.5. The Bertz CT molecular complexity index is 1110. The van der Waals surface area contributed by atoms with Gasteiger partial charge in [-0.3, -0.25) is 14.9 Å². The Morgan fingerprint density at radius 2 is 1.62 bits per heavy atom. The fourth-order valence-electron chi connectivity index (χ4n) is 3.33. The second-order valence-electron chi connectivity index (χ2n) is 7.09. The lowest BCUT2D eigenvalue weighted by atomic mass is 10.1. The molecule has 0 unspecified atom stereocenters. The van der Waals surface area contributed by atoms with Crippen LogP contribution < -0.4 is 15.0 Å². The number of nitro groups is 1. The third-order valence-corrected chi connectivity index (χ3v) is 5.20. The highest BCUT2D eigenvalue weighted by molar-refractivity contribution is 6.30. The average molecular weight is 454 g/mol. The van der Waals surface area contributed by atoms with Crippen LogP contribution in [0, 0.1) is 10.1 Å². The summed E-state index contributed by atoms with van der Waals surface area (Å²) < 4.78 is 11.0. The van der Waals surface area contributed by atoms with Crippen LogP contribution in [-0.4, -0.2) is 37.1 Å². The number of nitro benzene ring substituents is 1. The fraction of sp³-hybridized carbons (Fsp3) is 0.174. The molecule has 1 aliphatic rings. The summed E-state index contributed by atoms with van der Waals surface area (Å²) >= 11 is 5.87. The van der Waals surface area contributed by atoms with E-state index in [1.54, 1.807) is 60.7 Å². The normalized spacial score (nSPS) is 13.5. The molecule has 1 aliphatic heterocycles. The zero-order valence-electron chi connectivity index (χ0n) is 17.0. The largest absolute Gasteiger partial charge is 0.457 e. The highest BCUT2D eigenvalue weighted by Gasteiger charge is 2.23. The van der Waals surface area contributed by atoms with Crippen molar-refractivity contribution in [3.8, 4) is 11.5 Å². The summed E-state index contributed by atoms with van der Waals surface area (Å²) in [7, 11) is 0. The molecule has 3 aromatic rings. The summed E-state index contributed by atoms with van der Waals surface area (Å²) in [5.74, 6) is 0.794. The number of morpholine rings is 1. The van der Waals surface area contributed by atoms with Crippen LogP contribution in [0.1, 0.15) is 10.4 Å². The molecule has 32 heavy (non-hydrogen) atoms. The van der Waals surface area contributed by atoms with Crippen LogP contribution in [0.4, 0.5) is 17.1 Å². The highest BCUT2D eigenvalue weighted by atomic mass is 35.5. The zero-order chi connectivity index (χ0) is 22.5. The van der Waals surface area contributed by atoms with Crippen molar-refractivity contribution in [1.82, 2.24) is 0 Å². The van der Waals surface area contributed by atoms with Crippen molar-refractivity contribution in [3.05, 3.63) is 87.4 Å². The summed E-state index contributed by atoms with van der Waals surface area (Å²) in [5, 5.41) is 15.0. The van der Waals surface area contributed by atoms with Gasteiger partial charge in [0.2, 0.25) is 0 Å². The number of hydrogen-bond acceptors (Lipinski definition) is 6. The number of benzene rings is 3. The van der Waals surface area contributed by atoms with Crippen molar-refractivity contribution in [2.24, 2.45) is 0 Å². The lowest BCUT2D eigenvalue weighted by molar-refractivity contribution is -0.384. The number of ether oxygens (including phenoxy) is 2. The van der Waals surface area contributed by atoms with Crippen molar-refractivity contribution in [2.45, 2.75) is 0 Å². The number of carbonyl (C=O) groups is 1. The van der Waals surface area contributed by atoms with Gasteiger partial charge in [-0.15, -0.1) is 0 Å². The molecule has 0 aliphatic carbocycles. The quantitative estimate of drug-likeness (QED) is 0.410. The molecule has 8 nitrogen and oxygen atoms in total. The van der Waals surface area contributed by atoms with Crippen molar-refractivity contribution in [1.29, 1.82) is 0 Å². The fourth-order valence-corrected chi connectivity index (χ4v) is 3.46. The third-order valence-electron chi connectivity index (χ3n) is 4.95. The van der Waals surface area contributed by atoms with Crippen molar-refractivity contribution in [2.75, 3.05) is 36.5 Å². The van der Waals surface area contributed by atoms with Gasteiger partial charge in [-0.2, -0.15) is 0 Å². The van der Waals surface area contributed by atoms with E-state index >= 15 is 0 Å². The van der Waals surface area contributed by atoms with Gasteiger partial charge in [-0.1, -0.05) is 11.6 Å². The lowest BCUT2D eigenvalue weighted by Crippen LogP contribution is -2.36. The van der Waals surface area contributed by atoms with Gasteiger partial charge in [0.15, 0.2) is 0 Å². The topological polar surface area (TPSA) is 93.9 Å². The Kier molecular flexibility index (Phi) is 6.53. The maximum atomic E-state index is 12.7. The predicted octanol–water partition coefficient (Wildman–Crippen LogP) is 5.13. The van der Waals surface area contributed by atoms with Crippen molar-refractivity contribution in [3.63, 3.8) is 0 Å². The standard InChI is InChI=1S/C23H20ClN3O5/c24-17-2-6-19(7-3-17)32-20-8-4-18(5-9-20)25-23(28)16-1-10-21(22(15-16)27(29)30)26-11-13-31-14-12-26/h1-10,15H,11-14H2,(H,25,28). The number of carbonyl (C=O) groups excluding carboxylic acids is 1. The number of hydrogen-bond donors (Lipinski definition) is 1. The van der Waals surface area contributed by atoms with E-state index in [0.29, 0.717) is 54.2 Å². The van der Waals surface area contributed by atoms with Crippen LogP contribution in [0.5, 0.6) is 11.5 Å². The first-order valence-electron chi connectivity index (χ1n) is 9.95. The minimum Gasteiger partial charge on any atom is -0.457 e. The van der Waals surface area contributed by atoms with E-state index in [2.05, 4.69) is 5.32 Å². The smallest absolute Gasteiger partial charge is 0.293 e. The van der Waals surface area contributed by atoms with Gasteiger partial charge >= 0.3 is 0 Å². The highest BCUT2D eigenvalue weighted by Crippen LogP contribution is 2.30. The van der Waals surface area contributed by atoms with E-state index in [0.717, 1.165) is 0 Å². The average Bonchev–Trinajstić information content (AvgIpc) is 2.82. The molecular weight excluding hydrogens is 434 g/mol. The maximum Gasteiger partial charge on any atom is 0.293 e. The number of amides is 1. The summed E-state index contributed by atoms with van der Waals surface area (Å²) in [6.07, 6.45) is 0. The predicted molar refractivity (Wildman–Crippen MR) is 122 cm³/mol. The van der Waals surface area contributed by atoms with Crippen LogP contribution >= 0.6 is 11.6 Å². The number of nitrogens with one attached hydrogen (secondary N) is 1. The summed E-state index contributed by atoms with van der Waals surface area (Å²) in [5.41, 5.74) is 1.12. The second-order valence-corrected chi connectivity index (χ2v) is 7.53. The summed E-state index contributed by atoms with van der Waals surface area (Å²) in [4.78, 5) is 25.7. The molecule has 164 valence electrons. The molecule has 1 amide bonds. The molecule has 0 saturated carbocycles. The van der Waals surface area contributed by atoms with Crippen LogP contribution in [-0.2, 0) is 4.74 Å². The van der Waals surface area contributed by atoms with Crippen molar-refractivity contribution < 1.29 is 19.2 Å². The Morgan fingerprint density at radius 1 is 1.00 bits per heavy atom. The maximum absolute atomic E-state index is 12.7. The van der Waals surface area contributed by atoms with Gasteiger partial charge in [0.25, 0.3) is 11.6 Å².